The number of hydrogen-bond donors (Lipinski definition) is 0. The first-order chi connectivity index (χ1) is 36.6. The molecule has 0 atom stereocenters. The molecule has 2 aliphatic rings. The molecule has 0 bridgehead atoms. The molecular formula is C61H53F8Ir4N7-4. The van der Waals surface area contributed by atoms with Gasteiger partial charge in [0.1, 0.15) is 0 Å². The van der Waals surface area contributed by atoms with Crippen LogP contribution in [0.15, 0.2) is 91.0 Å². The number of pyridine rings is 4. The first-order valence-corrected chi connectivity index (χ1v) is 24.9. The molecule has 0 spiro atoms. The molecule has 7 nitrogen and oxygen atoms in total. The van der Waals surface area contributed by atoms with Gasteiger partial charge in [-0.2, -0.15) is 5.26 Å². The van der Waals surface area contributed by atoms with Crippen LogP contribution < -0.4 is 9.80 Å². The third kappa shape index (κ3) is 16.9. The number of nitrogens with zero attached hydrogens (tertiary/aromatic N) is 7. The van der Waals surface area contributed by atoms with E-state index in [2.05, 4.69) is 51.0 Å². The third-order valence-electron chi connectivity index (χ3n) is 12.6. The number of nitriles is 1. The van der Waals surface area contributed by atoms with Gasteiger partial charge in [0, 0.05) is 182 Å². The molecule has 428 valence electrons. The van der Waals surface area contributed by atoms with E-state index in [1.54, 1.807) is 30.3 Å². The molecule has 4 aromatic heterocycles. The Morgan fingerprint density at radius 2 is 0.988 bits per heavy atom. The van der Waals surface area contributed by atoms with E-state index in [-0.39, 0.29) is 97.1 Å². The second kappa shape index (κ2) is 32.3. The van der Waals surface area contributed by atoms with Crippen molar-refractivity contribution in [3.63, 3.8) is 0 Å². The van der Waals surface area contributed by atoms with E-state index in [0.29, 0.717) is 34.8 Å². The van der Waals surface area contributed by atoms with Crippen LogP contribution in [0.5, 0.6) is 0 Å². The summed E-state index contributed by atoms with van der Waals surface area (Å²) in [5.74, 6) is -5.57. The van der Waals surface area contributed by atoms with Gasteiger partial charge >= 0.3 is 0 Å². The van der Waals surface area contributed by atoms with E-state index in [9.17, 15) is 35.1 Å². The van der Waals surface area contributed by atoms with Gasteiger partial charge in [0.15, 0.2) is 0 Å². The molecule has 10 rings (SSSR count). The van der Waals surface area contributed by atoms with Gasteiger partial charge in [0.2, 0.25) is 0 Å². The van der Waals surface area contributed by atoms with Crippen molar-refractivity contribution >= 4 is 11.4 Å². The fourth-order valence-corrected chi connectivity index (χ4v) is 8.78. The first-order valence-electron chi connectivity index (χ1n) is 24.9. The van der Waals surface area contributed by atoms with Crippen LogP contribution in [0.4, 0.5) is 46.5 Å². The Morgan fingerprint density at radius 1 is 0.525 bits per heavy atom. The molecule has 4 radical (unpaired) electrons. The molecule has 0 unspecified atom stereocenters. The molecule has 0 N–H and O–H groups in total. The van der Waals surface area contributed by atoms with Crippen LogP contribution in [0.3, 0.4) is 0 Å². The molecule has 80 heavy (non-hydrogen) atoms. The van der Waals surface area contributed by atoms with Crippen LogP contribution in [0, 0.1) is 82.1 Å². The van der Waals surface area contributed by atoms with Crippen molar-refractivity contribution in [1.82, 2.24) is 19.9 Å². The van der Waals surface area contributed by atoms with Gasteiger partial charge in [-0.1, -0.05) is 98.5 Å². The Hall–Kier alpha value is -5.39. The fourth-order valence-electron chi connectivity index (χ4n) is 8.78. The largest absolute Gasteiger partial charge is 0.378 e. The molecule has 0 aliphatic carbocycles. The molecule has 8 aromatic rings. The summed E-state index contributed by atoms with van der Waals surface area (Å²) < 4.78 is 108. The van der Waals surface area contributed by atoms with Gasteiger partial charge in [0.25, 0.3) is 0 Å². The third-order valence-corrected chi connectivity index (χ3v) is 12.6. The van der Waals surface area contributed by atoms with Gasteiger partial charge < -0.3 is 29.7 Å². The molecule has 0 saturated carbocycles. The van der Waals surface area contributed by atoms with E-state index in [0.717, 1.165) is 128 Å². The number of aryl methyl sites for hydroxylation is 4. The van der Waals surface area contributed by atoms with Gasteiger partial charge in [-0.3, -0.25) is 35.1 Å². The minimum absolute atomic E-state index is 0. The summed E-state index contributed by atoms with van der Waals surface area (Å²) >= 11 is 0. The van der Waals surface area contributed by atoms with Crippen LogP contribution in [-0.2, 0) is 119 Å². The van der Waals surface area contributed by atoms with Crippen LogP contribution in [-0.4, -0.2) is 47.1 Å². The maximum atomic E-state index is 14.3. The Morgan fingerprint density at radius 3 is 1.46 bits per heavy atom. The van der Waals surface area contributed by atoms with E-state index in [1.807, 2.05) is 58.0 Å². The fraction of sp³-hybridized carbons (Fsp3) is 0.262. The molecule has 6 heterocycles. The summed E-state index contributed by atoms with van der Waals surface area (Å²) in [6.07, 6.45) is 7.20. The minimum atomic E-state index is -0.918. The van der Waals surface area contributed by atoms with Crippen LogP contribution in [0.2, 0.25) is 0 Å². The van der Waals surface area contributed by atoms with Crippen molar-refractivity contribution in [2.24, 2.45) is 0 Å². The van der Waals surface area contributed by atoms with Crippen molar-refractivity contribution in [2.75, 3.05) is 37.0 Å². The van der Waals surface area contributed by atoms with Gasteiger partial charge in [-0.25, -0.2) is 0 Å². The number of anilines is 2. The SMILES string of the molecule is CCc1cc(N(C)C)cc(-c2[c-]cc(F)cc2F)n1.CCc1cccc(-c2[c-]cc(F)c(C#N)c2F)n1.CCc1cccc(-c2[c-]cc(F)cc2F)n1.CCc1nc(-c2[c-]cc(F)cc2F)c2c3c1CCCN3CCC2.[Ir].[Ir].[Ir].[Ir]. The molecule has 0 saturated heterocycles. The van der Waals surface area contributed by atoms with Gasteiger partial charge in [-0.05, 0) is 103 Å². The van der Waals surface area contributed by atoms with Crippen LogP contribution in [0.25, 0.3) is 45.0 Å². The molecule has 0 fully saturated rings. The quantitative estimate of drug-likeness (QED) is 0.105. The van der Waals surface area contributed by atoms with E-state index < -0.39 is 52.1 Å². The zero-order valence-electron chi connectivity index (χ0n) is 44.2. The van der Waals surface area contributed by atoms with Crippen molar-refractivity contribution in [2.45, 2.75) is 79.1 Å². The number of benzene rings is 4. The van der Waals surface area contributed by atoms with Crippen LogP contribution in [0.1, 0.15) is 80.0 Å². The Kier molecular flexibility index (Phi) is 27.8. The molecular weight excluding hydrogens is 1750 g/mol. The molecule has 4 aromatic carbocycles. The van der Waals surface area contributed by atoms with Crippen molar-refractivity contribution in [3.8, 4) is 51.1 Å². The summed E-state index contributed by atoms with van der Waals surface area (Å²) in [6.45, 7) is 10.1. The molecule has 19 heteroatoms. The summed E-state index contributed by atoms with van der Waals surface area (Å²) in [5, 5.41) is 8.71. The maximum Gasteiger partial charge on any atom is 0.0848 e. The topological polar surface area (TPSA) is 81.8 Å². The maximum absolute atomic E-state index is 14.3. The molecule has 2 aliphatic heterocycles. The predicted octanol–water partition coefficient (Wildman–Crippen LogP) is 14.2. The smallest absolute Gasteiger partial charge is 0.0848 e. The van der Waals surface area contributed by atoms with E-state index in [4.69, 9.17) is 10.2 Å². The Bertz CT molecular complexity index is 3410. The average Bonchev–Trinajstić information content (AvgIpc) is 3.42. The predicted molar refractivity (Wildman–Crippen MR) is 279 cm³/mol. The second-order valence-electron chi connectivity index (χ2n) is 17.9. The minimum Gasteiger partial charge on any atom is -0.378 e. The molecule has 0 amide bonds. The number of halogens is 8. The Labute approximate surface area is 516 Å². The monoisotopic (exact) mass is 1810 g/mol. The second-order valence-corrected chi connectivity index (χ2v) is 17.9. The summed E-state index contributed by atoms with van der Waals surface area (Å²) in [6, 6.07) is 33.1. The Balaban J connectivity index is 0.000000278. The van der Waals surface area contributed by atoms with Gasteiger partial charge in [0.05, 0.1) is 17.7 Å². The standard InChI is InChI=1S/C19H19F2N2.C15H15F2N2.C14H9F2N2.C13H10F2N.4Ir/c1-2-17-14-5-3-9-23-10-4-6-15(19(14)23)18(22-17)13-8-7-12(20)11-16(13)21;1-4-11-8-12(19(2)3)9-15(18-11)13-6-5-10(16)7-14(13)17;1-2-9-4-3-5-13(18-9)10-6-7-12(15)11(8-17)14(10)16;1-2-10-4-3-5-13(16-10)11-7-6-9(14)8-12(11)15;;;;/h7,11H,2-6,9-10H2,1H3;5,7-9H,4H2,1-3H3;3-5,7H,2H2,1H3;3-6,8H,2H2,1H3;;;;/q4*-1;;;;. The summed E-state index contributed by atoms with van der Waals surface area (Å²) in [5.41, 5.74) is 10.3. The van der Waals surface area contributed by atoms with Gasteiger partial charge in [-0.15, -0.1) is 48.5 Å². The first kappa shape index (κ1) is 68.9. The summed E-state index contributed by atoms with van der Waals surface area (Å²) in [4.78, 5) is 22.0. The zero-order valence-corrected chi connectivity index (χ0v) is 53.8. The van der Waals surface area contributed by atoms with Crippen molar-refractivity contribution < 1.29 is 116 Å². The van der Waals surface area contributed by atoms with Crippen molar-refractivity contribution in [1.29, 1.82) is 5.26 Å². The zero-order chi connectivity index (χ0) is 54.6. The number of rotatable bonds is 9. The van der Waals surface area contributed by atoms with E-state index in [1.165, 1.54) is 23.4 Å². The van der Waals surface area contributed by atoms with Crippen molar-refractivity contribution in [3.05, 3.63) is 201 Å². The van der Waals surface area contributed by atoms with E-state index >= 15 is 0 Å². The summed E-state index contributed by atoms with van der Waals surface area (Å²) in [7, 11) is 3.81. The number of hydrogen-bond acceptors (Lipinski definition) is 7. The normalized spacial score (nSPS) is 11.6. The number of aromatic nitrogens is 4. The average molecular weight is 1800 g/mol. The van der Waals surface area contributed by atoms with Crippen LogP contribution >= 0.6 is 0 Å².